The van der Waals surface area contributed by atoms with E-state index in [9.17, 15) is 14.7 Å². The summed E-state index contributed by atoms with van der Waals surface area (Å²) < 4.78 is 5.69. The highest BCUT2D eigenvalue weighted by Gasteiger charge is 2.45. The Morgan fingerprint density at radius 3 is 2.39 bits per heavy atom. The number of Topliss-reactive ketones (excluding diaryl/α,β-unsaturated/α-hetero) is 1. The van der Waals surface area contributed by atoms with Gasteiger partial charge in [0, 0.05) is 12.1 Å². The van der Waals surface area contributed by atoms with Crippen LogP contribution in [-0.4, -0.2) is 60.4 Å². The van der Waals surface area contributed by atoms with Gasteiger partial charge in [0.15, 0.2) is 0 Å². The van der Waals surface area contributed by atoms with Crippen LogP contribution in [0.25, 0.3) is 5.76 Å². The number of ketones is 1. The fraction of sp³-hybridized carbons (Fsp3) is 0.407. The molecule has 1 saturated heterocycles. The molecule has 0 bridgehead atoms. The van der Waals surface area contributed by atoms with Crippen molar-refractivity contribution in [3.63, 3.8) is 0 Å². The predicted octanol–water partition coefficient (Wildman–Crippen LogP) is 4.47. The third-order valence-electron chi connectivity index (χ3n) is 5.86. The number of benzene rings is 2. The normalized spacial score (nSPS) is 17.8. The highest BCUT2D eigenvalue weighted by Crippen LogP contribution is 2.40. The van der Waals surface area contributed by atoms with Crippen LogP contribution in [0.1, 0.15) is 48.1 Å². The van der Waals surface area contributed by atoms with E-state index in [0.717, 1.165) is 36.1 Å². The van der Waals surface area contributed by atoms with Crippen molar-refractivity contribution >= 4 is 17.4 Å². The molecule has 3 rings (SSSR count). The summed E-state index contributed by atoms with van der Waals surface area (Å²) in [6, 6.07) is 12.5. The second-order valence-corrected chi connectivity index (χ2v) is 8.89. The number of carbonyl (C=O) groups excluding carboxylic acids is 2. The summed E-state index contributed by atoms with van der Waals surface area (Å²) in [6.45, 7) is 7.72. The molecule has 0 aromatic heterocycles. The smallest absolute Gasteiger partial charge is 0.295 e. The molecule has 1 aliphatic heterocycles. The van der Waals surface area contributed by atoms with E-state index < -0.39 is 17.7 Å². The maximum atomic E-state index is 13.2. The van der Waals surface area contributed by atoms with Crippen molar-refractivity contribution in [2.75, 3.05) is 33.8 Å². The molecule has 6 heteroatoms. The van der Waals surface area contributed by atoms with Gasteiger partial charge < -0.3 is 19.6 Å². The first-order valence-corrected chi connectivity index (χ1v) is 11.5. The van der Waals surface area contributed by atoms with Gasteiger partial charge in [-0.25, -0.2) is 0 Å². The minimum Gasteiger partial charge on any atom is -0.507 e. The molecule has 1 atom stereocenters. The van der Waals surface area contributed by atoms with Crippen LogP contribution in [0.3, 0.4) is 0 Å². The van der Waals surface area contributed by atoms with Crippen molar-refractivity contribution in [2.24, 2.45) is 0 Å². The lowest BCUT2D eigenvalue weighted by molar-refractivity contribution is -0.139. The number of carbonyl (C=O) groups is 2. The van der Waals surface area contributed by atoms with E-state index in [1.165, 1.54) is 0 Å². The summed E-state index contributed by atoms with van der Waals surface area (Å²) in [4.78, 5) is 29.8. The van der Waals surface area contributed by atoms with Crippen molar-refractivity contribution in [1.82, 2.24) is 9.80 Å². The summed E-state index contributed by atoms with van der Waals surface area (Å²) in [5.41, 5.74) is 3.34. The Hall–Kier alpha value is -3.12. The largest absolute Gasteiger partial charge is 0.507 e. The molecule has 1 amide bonds. The molecule has 1 heterocycles. The molecular formula is C27H34N2O4. The Morgan fingerprint density at radius 1 is 1.09 bits per heavy atom. The number of aliphatic hydroxyl groups is 1. The van der Waals surface area contributed by atoms with E-state index >= 15 is 0 Å². The van der Waals surface area contributed by atoms with Gasteiger partial charge in [0.05, 0.1) is 18.2 Å². The number of aryl methyl sites for hydroxylation is 2. The first kappa shape index (κ1) is 24.5. The first-order chi connectivity index (χ1) is 15.7. The maximum Gasteiger partial charge on any atom is 0.295 e. The summed E-state index contributed by atoms with van der Waals surface area (Å²) >= 11 is 0. The molecule has 2 aromatic rings. The average Bonchev–Trinajstić information content (AvgIpc) is 3.02. The van der Waals surface area contributed by atoms with Crippen LogP contribution >= 0.6 is 0 Å². The minimum atomic E-state index is -0.645. The number of ether oxygens (including phenoxy) is 1. The average molecular weight is 451 g/mol. The molecule has 1 aliphatic rings. The van der Waals surface area contributed by atoms with Crippen LogP contribution in [0, 0.1) is 13.8 Å². The highest BCUT2D eigenvalue weighted by molar-refractivity contribution is 6.46. The second-order valence-electron chi connectivity index (χ2n) is 8.89. The number of amides is 1. The van der Waals surface area contributed by atoms with Crippen LogP contribution in [0.4, 0.5) is 0 Å². The Morgan fingerprint density at radius 2 is 1.79 bits per heavy atom. The molecule has 0 saturated carbocycles. The third-order valence-corrected chi connectivity index (χ3v) is 5.86. The van der Waals surface area contributed by atoms with E-state index in [0.29, 0.717) is 24.5 Å². The summed E-state index contributed by atoms with van der Waals surface area (Å²) in [7, 11) is 3.95. The van der Waals surface area contributed by atoms with Crippen LogP contribution in [-0.2, 0) is 9.59 Å². The zero-order chi connectivity index (χ0) is 24.1. The molecule has 0 unspecified atom stereocenters. The van der Waals surface area contributed by atoms with Crippen LogP contribution in [0.15, 0.2) is 48.0 Å². The zero-order valence-electron chi connectivity index (χ0n) is 20.2. The summed E-state index contributed by atoms with van der Waals surface area (Å²) in [5.74, 6) is -0.645. The van der Waals surface area contributed by atoms with E-state index in [4.69, 9.17) is 4.74 Å². The van der Waals surface area contributed by atoms with E-state index in [1.807, 2.05) is 70.1 Å². The molecule has 1 N–H and O–H groups in total. The lowest BCUT2D eigenvalue weighted by Crippen LogP contribution is -2.32. The molecule has 0 spiro atoms. The van der Waals surface area contributed by atoms with Gasteiger partial charge in [0.25, 0.3) is 11.7 Å². The van der Waals surface area contributed by atoms with E-state index in [2.05, 4.69) is 0 Å². The fourth-order valence-corrected chi connectivity index (χ4v) is 4.12. The molecule has 176 valence electrons. The molecule has 2 aromatic carbocycles. The predicted molar refractivity (Wildman–Crippen MR) is 130 cm³/mol. The lowest BCUT2D eigenvalue weighted by Gasteiger charge is -2.26. The van der Waals surface area contributed by atoms with Crippen molar-refractivity contribution in [1.29, 1.82) is 0 Å². The topological polar surface area (TPSA) is 70.1 Å². The number of nitrogens with zero attached hydrogens (tertiary/aromatic N) is 2. The number of likely N-dealkylation sites (tertiary alicyclic amines) is 1. The Labute approximate surface area is 196 Å². The van der Waals surface area contributed by atoms with Crippen LogP contribution < -0.4 is 4.74 Å². The zero-order valence-corrected chi connectivity index (χ0v) is 20.2. The van der Waals surface area contributed by atoms with Crippen LogP contribution in [0.5, 0.6) is 5.75 Å². The molecule has 1 fully saturated rings. The molecule has 33 heavy (non-hydrogen) atoms. The van der Waals surface area contributed by atoms with Gasteiger partial charge >= 0.3 is 0 Å². The van der Waals surface area contributed by atoms with Crippen molar-refractivity contribution in [2.45, 2.75) is 39.7 Å². The number of rotatable bonds is 9. The van der Waals surface area contributed by atoms with Gasteiger partial charge in [-0.05, 0) is 76.7 Å². The van der Waals surface area contributed by atoms with Gasteiger partial charge in [-0.2, -0.15) is 0 Å². The first-order valence-electron chi connectivity index (χ1n) is 11.5. The molecule has 0 radical (unpaired) electrons. The van der Waals surface area contributed by atoms with E-state index in [-0.39, 0.29) is 11.3 Å². The van der Waals surface area contributed by atoms with Gasteiger partial charge in [-0.1, -0.05) is 36.8 Å². The molecular weight excluding hydrogens is 416 g/mol. The van der Waals surface area contributed by atoms with Gasteiger partial charge in [0.2, 0.25) is 0 Å². The quantitative estimate of drug-likeness (QED) is 0.347. The lowest BCUT2D eigenvalue weighted by atomic mass is 9.93. The van der Waals surface area contributed by atoms with Gasteiger partial charge in [-0.15, -0.1) is 0 Å². The third kappa shape index (κ3) is 5.45. The fourth-order valence-electron chi connectivity index (χ4n) is 4.12. The number of hydrogen-bond donors (Lipinski definition) is 1. The molecule has 6 nitrogen and oxygen atoms in total. The Kier molecular flexibility index (Phi) is 7.92. The summed E-state index contributed by atoms with van der Waals surface area (Å²) in [6.07, 6.45) is 1.62. The van der Waals surface area contributed by atoms with Crippen molar-refractivity contribution < 1.29 is 19.4 Å². The van der Waals surface area contributed by atoms with Gasteiger partial charge in [-0.3, -0.25) is 9.59 Å². The van der Waals surface area contributed by atoms with Crippen LogP contribution in [0.2, 0.25) is 0 Å². The van der Waals surface area contributed by atoms with E-state index in [1.54, 1.807) is 17.0 Å². The highest BCUT2D eigenvalue weighted by atomic mass is 16.5. The maximum absolute atomic E-state index is 13.2. The second kappa shape index (κ2) is 10.7. The van der Waals surface area contributed by atoms with Gasteiger partial charge in [0.1, 0.15) is 11.5 Å². The Balaban J connectivity index is 2.06. The SMILES string of the molecule is CCCOc1ccc(C(O)=C2C(=O)C(=O)N(CCCN(C)C)[C@@H]2c2ccc(C)cc2)c(C)c1. The minimum absolute atomic E-state index is 0.138. The number of aliphatic hydroxyl groups excluding tert-OH is 1. The van der Waals surface area contributed by atoms with Crippen molar-refractivity contribution in [3.05, 3.63) is 70.3 Å². The molecule has 0 aliphatic carbocycles. The standard InChI is InChI=1S/C27H34N2O4/c1-6-16-33-21-12-13-22(19(3)17-21)25(30)23-24(20-10-8-18(2)9-11-20)29(27(32)26(23)31)15-7-14-28(4)5/h8-13,17,24,30H,6-7,14-16H2,1-5H3/t24-/m1/s1. The summed E-state index contributed by atoms with van der Waals surface area (Å²) in [5, 5.41) is 11.3. The Bertz CT molecular complexity index is 1040. The monoisotopic (exact) mass is 450 g/mol. The number of hydrogen-bond acceptors (Lipinski definition) is 5. The van der Waals surface area contributed by atoms with Crippen molar-refractivity contribution in [3.8, 4) is 5.75 Å².